The number of ketones is 1. The summed E-state index contributed by atoms with van der Waals surface area (Å²) in [4.78, 5) is 76.0. The van der Waals surface area contributed by atoms with Crippen LogP contribution in [0.15, 0.2) is 41.5 Å². The second-order valence-electron chi connectivity index (χ2n) is 26.1. The molecule has 2 heterocycles. The fourth-order valence-corrected chi connectivity index (χ4v) is 20.7. The Balaban J connectivity index is 1.70. The molecule has 440 valence electrons. The van der Waals surface area contributed by atoms with Crippen LogP contribution >= 0.6 is 0 Å². The van der Waals surface area contributed by atoms with Crippen molar-refractivity contribution in [1.29, 1.82) is 0 Å². The first kappa shape index (κ1) is 64.1. The van der Waals surface area contributed by atoms with Gasteiger partial charge < -0.3 is 42.6 Å². The van der Waals surface area contributed by atoms with E-state index in [-0.39, 0.29) is 49.0 Å². The quantitative estimate of drug-likeness (QED) is 0.0778. The summed E-state index contributed by atoms with van der Waals surface area (Å²) >= 11 is 0. The van der Waals surface area contributed by atoms with E-state index in [1.54, 1.807) is 0 Å². The zero-order valence-electron chi connectivity index (χ0n) is 50.8. The van der Waals surface area contributed by atoms with Crippen molar-refractivity contribution >= 4 is 54.6 Å². The summed E-state index contributed by atoms with van der Waals surface area (Å²) < 4.78 is 49.4. The van der Waals surface area contributed by atoms with Crippen LogP contribution in [0.4, 0.5) is 0 Å². The average Bonchev–Trinajstić information content (AvgIpc) is 3.16. The van der Waals surface area contributed by atoms with E-state index in [2.05, 4.69) is 80.7 Å². The highest BCUT2D eigenvalue weighted by Crippen LogP contribution is 2.65. The average molecular weight is 1140 g/mol. The number of Topliss-reactive ketones (excluding diaryl/α,β-unsaturated/α-hetero) is 1. The Morgan fingerprint density at radius 3 is 1.82 bits per heavy atom. The number of rotatable bonds is 14. The largest absolute Gasteiger partial charge is 0.459 e. The van der Waals surface area contributed by atoms with Gasteiger partial charge in [-0.2, -0.15) is 0 Å². The zero-order valence-corrected chi connectivity index (χ0v) is 53.8. The van der Waals surface area contributed by atoms with Gasteiger partial charge in [-0.3, -0.25) is 19.2 Å². The standard InChI is InChI=1S/C61H101NO13Si3/c1-17-77(18-2,19-3)73-45-38-46-60(40-69-46,72-42(8)63)53-55-61(68)39-44(41(7)49(58(61,12)13)51(54(66)59(45,53)14)75-78(20-4,21-5)22-6)70-56(67)52(74-76(15,16)57(9,10)11)50(43-34-30-29-31-35-43)62-47(64)36-32-27-25-23-24-26-28-33-37-48(65)71-55/h29-31,34-35,44-46,50-53,55,68H,17-28,32-33,36-40H2,1-16H3,(H,62,64)/t44-,45-,46+,50-,51+,52+,53-,55-,59+,60-,61+/m0/s1. The molecule has 14 nitrogen and oxygen atoms in total. The van der Waals surface area contributed by atoms with Crippen molar-refractivity contribution in [3.63, 3.8) is 0 Å². The van der Waals surface area contributed by atoms with E-state index in [4.69, 9.17) is 32.2 Å². The van der Waals surface area contributed by atoms with Crippen LogP contribution in [-0.4, -0.2) is 114 Å². The van der Waals surface area contributed by atoms with Crippen LogP contribution < -0.4 is 5.32 Å². The summed E-state index contributed by atoms with van der Waals surface area (Å²) in [6.45, 7) is 31.9. The fourth-order valence-electron chi connectivity index (χ4n) is 13.8. The molecule has 3 aliphatic carbocycles. The van der Waals surface area contributed by atoms with Crippen molar-refractivity contribution in [2.45, 2.75) is 282 Å². The van der Waals surface area contributed by atoms with Gasteiger partial charge in [0.05, 0.1) is 30.1 Å². The third-order valence-electron chi connectivity index (χ3n) is 20.5. The normalized spacial score (nSPS) is 33.1. The van der Waals surface area contributed by atoms with E-state index >= 15 is 9.59 Å². The Labute approximate surface area is 471 Å². The van der Waals surface area contributed by atoms with Gasteiger partial charge in [0.15, 0.2) is 42.4 Å². The minimum Gasteiger partial charge on any atom is -0.459 e. The monoisotopic (exact) mass is 1140 g/mol. The SMILES string of the molecule is CC[Si](CC)(CC)O[C@H]1C(=O)[C@]2(C)[C@@H](O[Si](CC)(CC)CC)C[C@H]3OC[C@@]3(OC(C)=O)[C@H]2[C@@H]2OC(=O)CCCCCCCCCCC(=O)N[C@@H](c3ccccc3)[C@@H](O[Si](C)(C)C(C)(C)C)C(=O)O[C@H]3C[C@]2(O)C(C)(C)C1=C3C. The summed E-state index contributed by atoms with van der Waals surface area (Å²) in [5, 5.41) is 17.6. The molecule has 0 aromatic heterocycles. The molecule has 4 fully saturated rings. The molecule has 1 aromatic rings. The maximum Gasteiger partial charge on any atom is 0.337 e. The van der Waals surface area contributed by atoms with Crippen LogP contribution in [-0.2, 0) is 56.2 Å². The molecule has 1 amide bonds. The van der Waals surface area contributed by atoms with Gasteiger partial charge in [-0.25, -0.2) is 4.79 Å². The van der Waals surface area contributed by atoms with Crippen molar-refractivity contribution in [2.24, 2.45) is 16.7 Å². The number of aliphatic hydroxyl groups is 1. The smallest absolute Gasteiger partial charge is 0.337 e. The lowest BCUT2D eigenvalue weighted by Crippen LogP contribution is -2.82. The van der Waals surface area contributed by atoms with Crippen molar-refractivity contribution in [3.05, 3.63) is 47.0 Å². The van der Waals surface area contributed by atoms with E-state index in [0.717, 1.165) is 56.7 Å². The van der Waals surface area contributed by atoms with Crippen molar-refractivity contribution in [2.75, 3.05) is 6.61 Å². The number of ether oxygens (including phenoxy) is 4. The molecule has 0 spiro atoms. The zero-order chi connectivity index (χ0) is 57.9. The predicted octanol–water partition coefficient (Wildman–Crippen LogP) is 12.5. The van der Waals surface area contributed by atoms with E-state index in [1.165, 1.54) is 6.92 Å². The van der Waals surface area contributed by atoms with Gasteiger partial charge in [0, 0.05) is 38.0 Å². The van der Waals surface area contributed by atoms with Gasteiger partial charge in [0.25, 0.3) is 0 Å². The molecule has 5 aliphatic rings. The van der Waals surface area contributed by atoms with Crippen molar-refractivity contribution < 1.29 is 61.3 Å². The summed E-state index contributed by atoms with van der Waals surface area (Å²) in [6, 6.07) is 12.9. The van der Waals surface area contributed by atoms with Gasteiger partial charge in [-0.15, -0.1) is 0 Å². The van der Waals surface area contributed by atoms with E-state index < -0.39 is 113 Å². The Morgan fingerprint density at radius 2 is 1.31 bits per heavy atom. The van der Waals surface area contributed by atoms with Gasteiger partial charge in [0.1, 0.15) is 30.0 Å². The van der Waals surface area contributed by atoms with Crippen LogP contribution in [0.5, 0.6) is 0 Å². The number of carbonyl (C=O) groups excluding carboxylic acids is 5. The predicted molar refractivity (Wildman–Crippen MR) is 311 cm³/mol. The third kappa shape index (κ3) is 12.3. The lowest BCUT2D eigenvalue weighted by Gasteiger charge is -2.68. The minimum atomic E-state index is -2.85. The fraction of sp³-hybridized carbons (Fsp3) is 0.787. The van der Waals surface area contributed by atoms with Crippen LogP contribution in [0.2, 0.25) is 54.4 Å². The number of amides is 1. The second-order valence-corrected chi connectivity index (χ2v) is 40.3. The molecule has 11 atom stereocenters. The number of nitrogens with one attached hydrogen (secondary N) is 1. The molecule has 17 heteroatoms. The molecule has 2 saturated heterocycles. The lowest BCUT2D eigenvalue weighted by molar-refractivity contribution is -0.346. The molecule has 2 N–H and O–H groups in total. The Kier molecular flexibility index (Phi) is 20.7. The van der Waals surface area contributed by atoms with Crippen LogP contribution in [0, 0.1) is 16.7 Å². The first-order chi connectivity index (χ1) is 36.6. The topological polar surface area (TPSA) is 182 Å². The Bertz CT molecular complexity index is 2290. The first-order valence-corrected chi connectivity index (χ1v) is 38.1. The maximum atomic E-state index is 17.2. The van der Waals surface area contributed by atoms with Crippen LogP contribution in [0.3, 0.4) is 0 Å². The van der Waals surface area contributed by atoms with E-state index in [1.807, 2.05) is 58.0 Å². The molecular weight excluding hydrogens is 1040 g/mol. The molecule has 78 heavy (non-hydrogen) atoms. The van der Waals surface area contributed by atoms with Crippen molar-refractivity contribution in [3.8, 4) is 0 Å². The summed E-state index contributed by atoms with van der Waals surface area (Å²) in [6.07, 6.45) is -0.0209. The highest BCUT2D eigenvalue weighted by molar-refractivity contribution is 6.74. The first-order valence-electron chi connectivity index (χ1n) is 30.1. The maximum absolute atomic E-state index is 17.2. The number of hydrogen-bond donors (Lipinski definition) is 2. The van der Waals surface area contributed by atoms with Crippen molar-refractivity contribution in [1.82, 2.24) is 5.32 Å². The van der Waals surface area contributed by atoms with E-state index in [9.17, 15) is 19.5 Å². The summed E-state index contributed by atoms with van der Waals surface area (Å²) in [7, 11) is -8.20. The molecule has 2 saturated carbocycles. The third-order valence-corrected chi connectivity index (χ3v) is 34.2. The highest BCUT2D eigenvalue weighted by Gasteiger charge is 2.79. The molecule has 2 aliphatic heterocycles. The minimum absolute atomic E-state index is 0.0499. The molecule has 3 bridgehead atoms. The number of benzene rings is 1. The summed E-state index contributed by atoms with van der Waals surface area (Å²) in [5.74, 6) is -3.63. The molecule has 6 rings (SSSR count). The van der Waals surface area contributed by atoms with E-state index in [0.29, 0.717) is 47.7 Å². The number of hydrogen-bond acceptors (Lipinski definition) is 13. The molecule has 0 radical (unpaired) electrons. The van der Waals surface area contributed by atoms with Crippen LogP contribution in [0.25, 0.3) is 0 Å². The second kappa shape index (κ2) is 25.2. The Hall–Kier alpha value is -3.04. The molecular formula is C61H101NO13Si3. The lowest BCUT2D eigenvalue weighted by atomic mass is 9.44. The van der Waals surface area contributed by atoms with Gasteiger partial charge >= 0.3 is 17.9 Å². The number of esters is 3. The van der Waals surface area contributed by atoms with Gasteiger partial charge in [0.2, 0.25) is 5.91 Å². The van der Waals surface area contributed by atoms with Gasteiger partial charge in [-0.05, 0) is 97.8 Å². The number of carbonyl (C=O) groups is 5. The Morgan fingerprint density at radius 1 is 0.769 bits per heavy atom. The highest BCUT2D eigenvalue weighted by atomic mass is 28.4. The molecule has 0 unspecified atom stereocenters. The molecule has 1 aromatic carbocycles. The van der Waals surface area contributed by atoms with Crippen LogP contribution in [0.1, 0.15) is 186 Å². The van der Waals surface area contributed by atoms with Gasteiger partial charge in [-0.1, -0.05) is 145 Å². The summed E-state index contributed by atoms with van der Waals surface area (Å²) in [5.41, 5.74) is -5.01. The number of fused-ring (bicyclic) bond motifs is 6.